The highest BCUT2D eigenvalue weighted by molar-refractivity contribution is 5.72. The standard InChI is InChI=1S/C27H37NO5/c1-26(2,3)16-21-14-19(20-9-11-23-24(15-20)32-18-31-23)8-10-22(21)30-13-12-28(7)17-25(29)33-27(4,5)6/h8-11,14-15H,12-13,16-18H2,1-7H3. The third-order valence-electron chi connectivity index (χ3n) is 5.04. The maximum absolute atomic E-state index is 12.0. The van der Waals surface area contributed by atoms with Crippen LogP contribution < -0.4 is 14.2 Å². The molecule has 1 aliphatic rings. The van der Waals surface area contributed by atoms with Gasteiger partial charge in [-0.15, -0.1) is 0 Å². The van der Waals surface area contributed by atoms with Gasteiger partial charge in [-0.05, 0) is 80.6 Å². The van der Waals surface area contributed by atoms with Crippen LogP contribution in [0.4, 0.5) is 0 Å². The van der Waals surface area contributed by atoms with E-state index in [2.05, 4.69) is 39.0 Å². The molecule has 0 saturated carbocycles. The molecule has 33 heavy (non-hydrogen) atoms. The van der Waals surface area contributed by atoms with Gasteiger partial charge in [-0.25, -0.2) is 0 Å². The fraction of sp³-hybridized carbons (Fsp3) is 0.519. The van der Waals surface area contributed by atoms with Gasteiger partial charge in [0.2, 0.25) is 6.79 Å². The topological polar surface area (TPSA) is 57.2 Å². The van der Waals surface area contributed by atoms with Crippen molar-refractivity contribution in [1.82, 2.24) is 4.90 Å². The molecule has 0 fully saturated rings. The predicted octanol–water partition coefficient (Wildman–Crippen LogP) is 5.32. The first-order valence-electron chi connectivity index (χ1n) is 11.5. The summed E-state index contributed by atoms with van der Waals surface area (Å²) < 4.78 is 22.5. The lowest BCUT2D eigenvalue weighted by atomic mass is 9.86. The number of carbonyl (C=O) groups excluding carboxylic acids is 1. The van der Waals surface area contributed by atoms with Crippen LogP contribution in [-0.4, -0.2) is 50.0 Å². The minimum Gasteiger partial charge on any atom is -0.492 e. The number of ether oxygens (including phenoxy) is 4. The zero-order valence-electron chi connectivity index (χ0n) is 21.0. The van der Waals surface area contributed by atoms with Crippen molar-refractivity contribution in [3.63, 3.8) is 0 Å². The van der Waals surface area contributed by atoms with Crippen LogP contribution in [0.1, 0.15) is 47.1 Å². The number of benzene rings is 2. The molecule has 0 atom stereocenters. The summed E-state index contributed by atoms with van der Waals surface area (Å²) in [5, 5.41) is 0. The van der Waals surface area contributed by atoms with Gasteiger partial charge in [-0.2, -0.15) is 0 Å². The van der Waals surface area contributed by atoms with Gasteiger partial charge < -0.3 is 18.9 Å². The summed E-state index contributed by atoms with van der Waals surface area (Å²) in [4.78, 5) is 13.9. The number of nitrogens with zero attached hydrogens (tertiary/aromatic N) is 1. The molecular weight excluding hydrogens is 418 g/mol. The molecule has 0 N–H and O–H groups in total. The molecular formula is C27H37NO5. The second-order valence-corrected chi connectivity index (χ2v) is 10.8. The van der Waals surface area contributed by atoms with Gasteiger partial charge >= 0.3 is 5.97 Å². The van der Waals surface area contributed by atoms with Gasteiger partial charge in [0.25, 0.3) is 0 Å². The Morgan fingerprint density at radius 2 is 1.64 bits per heavy atom. The molecule has 2 aromatic carbocycles. The third kappa shape index (κ3) is 7.67. The van der Waals surface area contributed by atoms with Crippen LogP contribution in [-0.2, 0) is 16.0 Å². The fourth-order valence-corrected chi connectivity index (χ4v) is 3.67. The van der Waals surface area contributed by atoms with Crippen molar-refractivity contribution in [3.05, 3.63) is 42.0 Å². The Hall–Kier alpha value is -2.73. The van der Waals surface area contributed by atoms with E-state index >= 15 is 0 Å². The van der Waals surface area contributed by atoms with E-state index in [1.165, 1.54) is 0 Å². The number of likely N-dealkylation sites (N-methyl/N-ethyl adjacent to an activating group) is 1. The number of hydrogen-bond acceptors (Lipinski definition) is 6. The summed E-state index contributed by atoms with van der Waals surface area (Å²) in [6.07, 6.45) is 0.883. The maximum Gasteiger partial charge on any atom is 0.320 e. The molecule has 0 unspecified atom stereocenters. The van der Waals surface area contributed by atoms with E-state index in [9.17, 15) is 4.79 Å². The average Bonchev–Trinajstić information content (AvgIpc) is 3.14. The van der Waals surface area contributed by atoms with E-state index in [4.69, 9.17) is 18.9 Å². The molecule has 3 rings (SSSR count). The highest BCUT2D eigenvalue weighted by atomic mass is 16.7. The number of carbonyl (C=O) groups is 1. The van der Waals surface area contributed by atoms with Crippen LogP contribution in [0.5, 0.6) is 17.2 Å². The van der Waals surface area contributed by atoms with Crippen LogP contribution in [0.25, 0.3) is 11.1 Å². The number of fused-ring (bicyclic) bond motifs is 1. The van der Waals surface area contributed by atoms with Crippen molar-refractivity contribution in [3.8, 4) is 28.4 Å². The third-order valence-corrected chi connectivity index (χ3v) is 5.04. The van der Waals surface area contributed by atoms with Crippen molar-refractivity contribution < 1.29 is 23.7 Å². The molecule has 0 aromatic heterocycles. The molecule has 0 amide bonds. The van der Waals surface area contributed by atoms with Crippen LogP contribution in [0, 0.1) is 5.41 Å². The Morgan fingerprint density at radius 3 is 2.33 bits per heavy atom. The first-order chi connectivity index (χ1) is 15.4. The first-order valence-corrected chi connectivity index (χ1v) is 11.5. The van der Waals surface area contributed by atoms with Crippen LogP contribution in [0.2, 0.25) is 0 Å². The molecule has 180 valence electrons. The van der Waals surface area contributed by atoms with Crippen LogP contribution >= 0.6 is 0 Å². The van der Waals surface area contributed by atoms with Crippen LogP contribution in [0.3, 0.4) is 0 Å². The first kappa shape index (κ1) is 24.9. The lowest BCUT2D eigenvalue weighted by molar-refractivity contribution is -0.155. The monoisotopic (exact) mass is 455 g/mol. The second kappa shape index (κ2) is 10.0. The zero-order valence-corrected chi connectivity index (χ0v) is 21.0. The lowest BCUT2D eigenvalue weighted by Crippen LogP contribution is -2.34. The Morgan fingerprint density at radius 1 is 0.970 bits per heavy atom. The second-order valence-electron chi connectivity index (χ2n) is 10.8. The summed E-state index contributed by atoms with van der Waals surface area (Å²) in [6, 6.07) is 12.3. The Balaban J connectivity index is 1.68. The van der Waals surface area contributed by atoms with Crippen molar-refractivity contribution in [2.75, 3.05) is 33.5 Å². The number of esters is 1. The minimum atomic E-state index is -0.476. The smallest absolute Gasteiger partial charge is 0.320 e. The summed E-state index contributed by atoms with van der Waals surface area (Å²) in [6.45, 7) is 13.9. The maximum atomic E-state index is 12.0. The fourth-order valence-electron chi connectivity index (χ4n) is 3.67. The van der Waals surface area contributed by atoms with E-state index < -0.39 is 5.60 Å². The summed E-state index contributed by atoms with van der Waals surface area (Å²) in [5.41, 5.74) is 2.99. The molecule has 2 aromatic rings. The lowest BCUT2D eigenvalue weighted by Gasteiger charge is -2.23. The highest BCUT2D eigenvalue weighted by Crippen LogP contribution is 2.37. The zero-order chi connectivity index (χ0) is 24.2. The molecule has 0 aliphatic carbocycles. The van der Waals surface area contributed by atoms with Gasteiger partial charge in [-0.3, -0.25) is 9.69 Å². The molecule has 1 heterocycles. The average molecular weight is 456 g/mol. The minimum absolute atomic E-state index is 0.110. The molecule has 0 radical (unpaired) electrons. The van der Waals surface area contributed by atoms with Crippen LogP contribution in [0.15, 0.2) is 36.4 Å². The molecule has 1 aliphatic heterocycles. The molecule has 6 heteroatoms. The van der Waals surface area contributed by atoms with Gasteiger partial charge in [0.15, 0.2) is 11.5 Å². The summed E-state index contributed by atoms with van der Waals surface area (Å²) in [5.74, 6) is 2.20. The van der Waals surface area contributed by atoms with Crippen molar-refractivity contribution in [1.29, 1.82) is 0 Å². The van der Waals surface area contributed by atoms with Crippen molar-refractivity contribution in [2.24, 2.45) is 5.41 Å². The summed E-state index contributed by atoms with van der Waals surface area (Å²) in [7, 11) is 1.89. The van der Waals surface area contributed by atoms with E-state index in [0.717, 1.165) is 40.4 Å². The van der Waals surface area contributed by atoms with E-state index in [-0.39, 0.29) is 24.7 Å². The normalized spacial score (nSPS) is 13.3. The van der Waals surface area contributed by atoms with Gasteiger partial charge in [-0.1, -0.05) is 32.9 Å². The molecule has 0 saturated heterocycles. The molecule has 0 bridgehead atoms. The molecule has 6 nitrogen and oxygen atoms in total. The predicted molar refractivity (Wildman–Crippen MR) is 130 cm³/mol. The van der Waals surface area contributed by atoms with Crippen molar-refractivity contribution >= 4 is 5.97 Å². The number of rotatable bonds is 8. The summed E-state index contributed by atoms with van der Waals surface area (Å²) >= 11 is 0. The Bertz CT molecular complexity index is 971. The highest BCUT2D eigenvalue weighted by Gasteiger charge is 2.19. The van der Waals surface area contributed by atoms with Crippen molar-refractivity contribution in [2.45, 2.75) is 53.6 Å². The van der Waals surface area contributed by atoms with Gasteiger partial charge in [0, 0.05) is 6.54 Å². The van der Waals surface area contributed by atoms with E-state index in [1.54, 1.807) is 0 Å². The van der Waals surface area contributed by atoms with Gasteiger partial charge in [0.05, 0.1) is 6.54 Å². The Labute approximate surface area is 197 Å². The van der Waals surface area contributed by atoms with E-state index in [0.29, 0.717) is 13.2 Å². The Kier molecular flexibility index (Phi) is 7.58. The quantitative estimate of drug-likeness (QED) is 0.502. The number of hydrogen-bond donors (Lipinski definition) is 0. The largest absolute Gasteiger partial charge is 0.492 e. The SMILES string of the molecule is CN(CCOc1ccc(-c2ccc3c(c2)OCO3)cc1CC(C)(C)C)CC(=O)OC(C)(C)C. The van der Waals surface area contributed by atoms with Gasteiger partial charge in [0.1, 0.15) is 18.0 Å². The molecule has 0 spiro atoms. The van der Waals surface area contributed by atoms with E-state index in [1.807, 2.05) is 50.9 Å².